The van der Waals surface area contributed by atoms with Crippen molar-refractivity contribution in [1.29, 1.82) is 0 Å². The van der Waals surface area contributed by atoms with Crippen LogP contribution in [-0.2, 0) is 11.7 Å². The molecule has 0 saturated carbocycles. The van der Waals surface area contributed by atoms with Crippen molar-refractivity contribution in [2.75, 3.05) is 7.11 Å². The van der Waals surface area contributed by atoms with Gasteiger partial charge >= 0.3 is 0 Å². The molecule has 1 aromatic carbocycles. The number of ether oxygens (including phenoxy) is 1. The molecule has 2 nitrogen and oxygen atoms in total. The van der Waals surface area contributed by atoms with Gasteiger partial charge in [-0.15, -0.1) is 0 Å². The first kappa shape index (κ1) is 8.01. The maximum absolute atomic E-state index is 12.8. The molecule has 0 spiro atoms. The number of hydrogen-bond donors (Lipinski definition) is 0. The lowest BCUT2D eigenvalue weighted by Crippen LogP contribution is -1.93. The number of halogens is 1. The Morgan fingerprint density at radius 2 is 2.27 bits per heavy atom. The van der Waals surface area contributed by atoms with Gasteiger partial charge in [-0.05, 0) is 6.07 Å². The molecule has 3 heteroatoms. The molecule has 0 N–H and O–H groups in total. The second-order valence-electron chi connectivity index (χ2n) is 2.08. The van der Waals surface area contributed by atoms with Crippen molar-refractivity contribution < 1.29 is 14.2 Å². The van der Waals surface area contributed by atoms with Crippen LogP contribution in [0.15, 0.2) is 18.2 Å². The first-order valence-corrected chi connectivity index (χ1v) is 3.19. The summed E-state index contributed by atoms with van der Waals surface area (Å²) in [5, 5.41) is 10.4. The van der Waals surface area contributed by atoms with E-state index in [1.54, 1.807) is 6.07 Å². The van der Waals surface area contributed by atoms with Crippen LogP contribution in [0.4, 0.5) is 4.39 Å². The van der Waals surface area contributed by atoms with Crippen LogP contribution in [0.1, 0.15) is 5.56 Å². The summed E-state index contributed by atoms with van der Waals surface area (Å²) >= 11 is 0. The van der Waals surface area contributed by atoms with Crippen LogP contribution in [0.3, 0.4) is 0 Å². The molecule has 0 aliphatic heterocycles. The summed E-state index contributed by atoms with van der Waals surface area (Å²) in [5.74, 6) is -0.427. The maximum Gasteiger partial charge on any atom is 0.165 e. The van der Waals surface area contributed by atoms with E-state index in [2.05, 4.69) is 0 Å². The summed E-state index contributed by atoms with van der Waals surface area (Å²) in [4.78, 5) is 0. The zero-order valence-corrected chi connectivity index (χ0v) is 6.13. The number of hydrogen-bond acceptors (Lipinski definition) is 1. The van der Waals surface area contributed by atoms with Crippen LogP contribution in [0, 0.1) is 5.82 Å². The molecule has 0 heterocycles. The number of rotatable bonds is 2. The summed E-state index contributed by atoms with van der Waals surface area (Å²) < 4.78 is 17.5. The monoisotopic (exact) mass is 155 g/mol. The highest BCUT2D eigenvalue weighted by molar-refractivity contribution is 5.34. The summed E-state index contributed by atoms with van der Waals surface area (Å²) in [7, 11) is 1.34. The van der Waals surface area contributed by atoms with Gasteiger partial charge in [0.15, 0.2) is 11.6 Å². The Morgan fingerprint density at radius 3 is 2.73 bits per heavy atom. The molecule has 0 atom stereocenters. The minimum Gasteiger partial charge on any atom is -0.493 e. The molecule has 0 aromatic heterocycles. The molecular formula is C8H8FO2. The van der Waals surface area contributed by atoms with E-state index in [4.69, 9.17) is 4.74 Å². The predicted octanol–water partition coefficient (Wildman–Crippen LogP) is 1.76. The van der Waals surface area contributed by atoms with Crippen molar-refractivity contribution in [3.05, 3.63) is 29.6 Å². The van der Waals surface area contributed by atoms with E-state index in [0.29, 0.717) is 5.56 Å². The highest BCUT2D eigenvalue weighted by atomic mass is 19.1. The average Bonchev–Trinajstić information content (AvgIpc) is 2.04. The molecule has 0 aliphatic rings. The van der Waals surface area contributed by atoms with Crippen LogP contribution in [0.2, 0.25) is 0 Å². The fourth-order valence-electron chi connectivity index (χ4n) is 0.896. The highest BCUT2D eigenvalue weighted by Crippen LogP contribution is 2.21. The summed E-state index contributed by atoms with van der Waals surface area (Å²) in [6.45, 7) is -0.457. The Bertz CT molecular complexity index is 248. The van der Waals surface area contributed by atoms with Gasteiger partial charge in [0.25, 0.3) is 0 Å². The lowest BCUT2D eigenvalue weighted by Gasteiger charge is -2.04. The molecule has 0 amide bonds. The van der Waals surface area contributed by atoms with Crippen LogP contribution in [-0.4, -0.2) is 7.11 Å². The number of para-hydroxylation sites is 1. The molecule has 59 valence electrons. The maximum atomic E-state index is 12.8. The highest BCUT2D eigenvalue weighted by Gasteiger charge is 2.06. The summed E-state index contributed by atoms with van der Waals surface area (Å²) in [6.07, 6.45) is 0. The van der Waals surface area contributed by atoms with Gasteiger partial charge in [-0.2, -0.15) is 0 Å². The smallest absolute Gasteiger partial charge is 0.165 e. The van der Waals surface area contributed by atoms with Gasteiger partial charge in [-0.25, -0.2) is 9.50 Å². The van der Waals surface area contributed by atoms with E-state index in [9.17, 15) is 9.50 Å². The largest absolute Gasteiger partial charge is 0.493 e. The van der Waals surface area contributed by atoms with E-state index in [1.165, 1.54) is 19.2 Å². The average molecular weight is 155 g/mol. The van der Waals surface area contributed by atoms with Gasteiger partial charge in [0.05, 0.1) is 7.11 Å². The first-order chi connectivity index (χ1) is 5.29. The zero-order valence-electron chi connectivity index (χ0n) is 6.13. The molecule has 0 bridgehead atoms. The van der Waals surface area contributed by atoms with E-state index >= 15 is 0 Å². The van der Waals surface area contributed by atoms with Gasteiger partial charge in [0.2, 0.25) is 0 Å². The Kier molecular flexibility index (Phi) is 2.44. The van der Waals surface area contributed by atoms with Crippen molar-refractivity contribution in [3.8, 4) is 5.75 Å². The number of methoxy groups -OCH3 is 1. The number of benzene rings is 1. The van der Waals surface area contributed by atoms with Gasteiger partial charge < -0.3 is 4.74 Å². The molecule has 0 aliphatic carbocycles. The van der Waals surface area contributed by atoms with E-state index in [0.717, 1.165) is 0 Å². The standard InChI is InChI=1S/C8H8FO2/c1-11-8-6(5-10)3-2-4-7(8)9/h2-4H,5H2,1H3. The predicted molar refractivity (Wildman–Crippen MR) is 37.3 cm³/mol. The van der Waals surface area contributed by atoms with Gasteiger partial charge in [0, 0.05) is 5.56 Å². The normalized spacial score (nSPS) is 9.73. The first-order valence-electron chi connectivity index (χ1n) is 3.19. The van der Waals surface area contributed by atoms with Crippen molar-refractivity contribution in [2.45, 2.75) is 6.61 Å². The third-order valence-electron chi connectivity index (χ3n) is 1.41. The SMILES string of the molecule is COc1c(F)cccc1C[O]. The second-order valence-corrected chi connectivity index (χ2v) is 2.08. The van der Waals surface area contributed by atoms with Crippen LogP contribution in [0.5, 0.6) is 5.75 Å². The fraction of sp³-hybridized carbons (Fsp3) is 0.250. The second kappa shape index (κ2) is 3.34. The molecule has 1 radical (unpaired) electrons. The molecule has 0 saturated heterocycles. The third kappa shape index (κ3) is 1.49. The fourth-order valence-corrected chi connectivity index (χ4v) is 0.896. The lowest BCUT2D eigenvalue weighted by molar-refractivity contribution is 0.173. The minimum absolute atomic E-state index is 0.0579. The molecule has 1 aromatic rings. The van der Waals surface area contributed by atoms with Crippen molar-refractivity contribution in [1.82, 2.24) is 0 Å². The Balaban J connectivity index is 3.13. The third-order valence-corrected chi connectivity index (χ3v) is 1.41. The van der Waals surface area contributed by atoms with Crippen molar-refractivity contribution >= 4 is 0 Å². The van der Waals surface area contributed by atoms with E-state index in [1.807, 2.05) is 0 Å². The zero-order chi connectivity index (χ0) is 8.27. The quantitative estimate of drug-likeness (QED) is 0.639. The summed E-state index contributed by atoms with van der Waals surface area (Å²) in [6, 6.07) is 4.30. The van der Waals surface area contributed by atoms with Crippen LogP contribution in [0.25, 0.3) is 0 Å². The molecular weight excluding hydrogens is 147 g/mol. The summed E-state index contributed by atoms with van der Waals surface area (Å²) in [5.41, 5.74) is 0.354. The lowest BCUT2D eigenvalue weighted by atomic mass is 10.2. The molecule has 0 fully saturated rings. The Labute approximate surface area is 64.2 Å². The molecule has 1 rings (SSSR count). The van der Waals surface area contributed by atoms with E-state index < -0.39 is 12.4 Å². The Hall–Kier alpha value is -1.09. The van der Waals surface area contributed by atoms with Gasteiger partial charge in [-0.1, -0.05) is 12.1 Å². The topological polar surface area (TPSA) is 29.1 Å². The minimum atomic E-state index is -0.485. The van der Waals surface area contributed by atoms with Gasteiger partial charge in [0.1, 0.15) is 6.61 Å². The molecule has 11 heavy (non-hydrogen) atoms. The van der Waals surface area contributed by atoms with Crippen LogP contribution < -0.4 is 4.74 Å². The van der Waals surface area contributed by atoms with Crippen LogP contribution >= 0.6 is 0 Å². The van der Waals surface area contributed by atoms with Crippen molar-refractivity contribution in [3.63, 3.8) is 0 Å². The molecule has 0 unspecified atom stereocenters. The van der Waals surface area contributed by atoms with E-state index in [-0.39, 0.29) is 5.75 Å². The van der Waals surface area contributed by atoms with Crippen molar-refractivity contribution in [2.24, 2.45) is 0 Å². The van der Waals surface area contributed by atoms with Gasteiger partial charge in [-0.3, -0.25) is 0 Å². The Morgan fingerprint density at radius 1 is 1.55 bits per heavy atom.